The Morgan fingerprint density at radius 1 is 1.05 bits per heavy atom. The van der Waals surface area contributed by atoms with Crippen molar-refractivity contribution in [3.05, 3.63) is 18.7 Å². The molecule has 0 aliphatic heterocycles. The second-order valence-corrected chi connectivity index (χ2v) is 7.10. The molecule has 0 N–H and O–H groups in total. The van der Waals surface area contributed by atoms with Gasteiger partial charge in [0.1, 0.15) is 0 Å². The van der Waals surface area contributed by atoms with E-state index >= 15 is 0 Å². The van der Waals surface area contributed by atoms with E-state index in [9.17, 15) is 0 Å². The fraction of sp³-hybridized carbons (Fsp3) is 0.842. The number of aromatic nitrogens is 2. The molecular formula is C19H34FeN2. The van der Waals surface area contributed by atoms with E-state index in [2.05, 4.69) is 29.6 Å². The van der Waals surface area contributed by atoms with Gasteiger partial charge >= 0.3 is 0 Å². The van der Waals surface area contributed by atoms with Crippen LogP contribution in [-0.4, -0.2) is 9.55 Å². The first-order valence-electron chi connectivity index (χ1n) is 9.28. The summed E-state index contributed by atoms with van der Waals surface area (Å²) in [4.78, 5) is 4.16. The minimum atomic E-state index is 0. The van der Waals surface area contributed by atoms with E-state index in [4.69, 9.17) is 0 Å². The Balaban J connectivity index is 0.000000344. The smallest absolute Gasteiger partial charge is 0.0948 e. The molecule has 1 aromatic heterocycles. The molecule has 1 heterocycles. The maximum atomic E-state index is 4.16. The van der Waals surface area contributed by atoms with Gasteiger partial charge in [0, 0.05) is 35.5 Å². The summed E-state index contributed by atoms with van der Waals surface area (Å²) in [5.41, 5.74) is 0. The van der Waals surface area contributed by atoms with Gasteiger partial charge in [0.05, 0.1) is 6.33 Å². The number of nitrogens with zero attached hydrogens (tertiary/aromatic N) is 2. The normalized spacial score (nSPS) is 20.8. The van der Waals surface area contributed by atoms with E-state index in [0.717, 1.165) is 11.8 Å². The van der Waals surface area contributed by atoms with Gasteiger partial charge in [-0.25, -0.2) is 4.98 Å². The van der Waals surface area contributed by atoms with Gasteiger partial charge < -0.3 is 4.57 Å². The van der Waals surface area contributed by atoms with Crippen molar-refractivity contribution in [1.82, 2.24) is 9.55 Å². The molecule has 22 heavy (non-hydrogen) atoms. The van der Waals surface area contributed by atoms with Crippen molar-refractivity contribution in [3.63, 3.8) is 0 Å². The van der Waals surface area contributed by atoms with Crippen LogP contribution in [0.1, 0.15) is 90.5 Å². The molecule has 0 saturated heterocycles. The second kappa shape index (κ2) is 11.3. The summed E-state index contributed by atoms with van der Waals surface area (Å²) < 4.78 is 2.28. The van der Waals surface area contributed by atoms with Crippen LogP contribution >= 0.6 is 0 Å². The summed E-state index contributed by atoms with van der Waals surface area (Å²) in [6, 6.07) is 0.651. The van der Waals surface area contributed by atoms with Gasteiger partial charge in [-0.15, -0.1) is 0 Å². The summed E-state index contributed by atoms with van der Waals surface area (Å²) in [7, 11) is 0. The van der Waals surface area contributed by atoms with Gasteiger partial charge in [-0.3, -0.25) is 0 Å². The van der Waals surface area contributed by atoms with Crippen molar-refractivity contribution < 1.29 is 17.1 Å². The predicted molar refractivity (Wildman–Crippen MR) is 90.4 cm³/mol. The second-order valence-electron chi connectivity index (χ2n) is 7.10. The van der Waals surface area contributed by atoms with Gasteiger partial charge in [0.15, 0.2) is 0 Å². The molecule has 2 saturated carbocycles. The fourth-order valence-corrected chi connectivity index (χ4v) is 4.02. The van der Waals surface area contributed by atoms with Crippen LogP contribution in [0.2, 0.25) is 0 Å². The van der Waals surface area contributed by atoms with Crippen molar-refractivity contribution in [1.29, 1.82) is 0 Å². The first-order chi connectivity index (χ1) is 10.3. The van der Waals surface area contributed by atoms with Crippen LogP contribution in [0.3, 0.4) is 0 Å². The molecule has 2 aliphatic rings. The maximum absolute atomic E-state index is 4.16. The molecule has 3 rings (SSSR count). The van der Waals surface area contributed by atoms with Crippen molar-refractivity contribution in [2.45, 2.75) is 90.5 Å². The molecule has 0 radical (unpaired) electrons. The SMILES string of the molecule is C1CCCC1.CCC(CC(C)C1CCCC1)n1ccnc1.[Fe]. The Morgan fingerprint density at radius 2 is 1.64 bits per heavy atom. The standard InChI is InChI=1S/C14H24N2.C5H10.Fe/c1-3-14(16-9-8-15-11-16)10-12(2)13-6-4-5-7-13;1-2-4-5-3-1;/h8-9,11-14H,3-7,10H2,1-2H3;1-5H2;. The number of imidazole rings is 1. The zero-order valence-corrected chi connectivity index (χ0v) is 15.6. The Morgan fingerprint density at radius 3 is 2.09 bits per heavy atom. The molecule has 0 spiro atoms. The summed E-state index contributed by atoms with van der Waals surface area (Å²) in [6.07, 6.45) is 21.8. The van der Waals surface area contributed by atoms with Crippen LogP contribution in [0, 0.1) is 11.8 Å². The molecule has 128 valence electrons. The topological polar surface area (TPSA) is 17.8 Å². The van der Waals surface area contributed by atoms with E-state index < -0.39 is 0 Å². The summed E-state index contributed by atoms with van der Waals surface area (Å²) in [6.45, 7) is 4.72. The Kier molecular flexibility index (Phi) is 10.2. The third kappa shape index (κ3) is 6.46. The molecule has 2 unspecified atom stereocenters. The molecule has 2 fully saturated rings. The van der Waals surface area contributed by atoms with Crippen LogP contribution in [0.15, 0.2) is 18.7 Å². The fourth-order valence-electron chi connectivity index (χ4n) is 4.02. The Bertz CT molecular complexity index is 346. The minimum Gasteiger partial charge on any atom is -0.334 e. The van der Waals surface area contributed by atoms with Gasteiger partial charge in [0.25, 0.3) is 0 Å². The van der Waals surface area contributed by atoms with Crippen LogP contribution in [-0.2, 0) is 17.1 Å². The van der Waals surface area contributed by atoms with E-state index in [1.807, 2.05) is 12.5 Å². The average molecular weight is 346 g/mol. The largest absolute Gasteiger partial charge is 0.334 e. The molecule has 2 aliphatic carbocycles. The molecule has 0 aromatic carbocycles. The molecule has 0 amide bonds. The molecule has 2 nitrogen and oxygen atoms in total. The van der Waals surface area contributed by atoms with E-state index in [0.29, 0.717) is 6.04 Å². The van der Waals surface area contributed by atoms with Crippen LogP contribution < -0.4 is 0 Å². The summed E-state index contributed by atoms with van der Waals surface area (Å²) in [5.74, 6) is 1.85. The van der Waals surface area contributed by atoms with Gasteiger partial charge in [-0.2, -0.15) is 0 Å². The zero-order valence-electron chi connectivity index (χ0n) is 14.5. The third-order valence-corrected chi connectivity index (χ3v) is 5.52. The van der Waals surface area contributed by atoms with Gasteiger partial charge in [-0.1, -0.05) is 71.6 Å². The van der Waals surface area contributed by atoms with Crippen molar-refractivity contribution >= 4 is 0 Å². The van der Waals surface area contributed by atoms with E-state index in [1.165, 1.54) is 70.6 Å². The van der Waals surface area contributed by atoms with Crippen LogP contribution in [0.25, 0.3) is 0 Å². The first kappa shape index (κ1) is 19.8. The molecule has 2 atom stereocenters. The third-order valence-electron chi connectivity index (χ3n) is 5.52. The van der Waals surface area contributed by atoms with E-state index in [1.54, 1.807) is 0 Å². The number of hydrogen-bond acceptors (Lipinski definition) is 1. The summed E-state index contributed by atoms with van der Waals surface area (Å²) in [5, 5.41) is 0. The van der Waals surface area contributed by atoms with Gasteiger partial charge in [-0.05, 0) is 24.7 Å². The monoisotopic (exact) mass is 346 g/mol. The zero-order chi connectivity index (χ0) is 14.9. The van der Waals surface area contributed by atoms with Crippen molar-refractivity contribution in [2.24, 2.45) is 11.8 Å². The Hall–Kier alpha value is -0.271. The summed E-state index contributed by atoms with van der Waals surface area (Å²) >= 11 is 0. The number of hydrogen-bond donors (Lipinski definition) is 0. The van der Waals surface area contributed by atoms with Crippen LogP contribution in [0.5, 0.6) is 0 Å². The van der Waals surface area contributed by atoms with Crippen LogP contribution in [0.4, 0.5) is 0 Å². The molecule has 1 aromatic rings. The van der Waals surface area contributed by atoms with Gasteiger partial charge in [0.2, 0.25) is 0 Å². The molecule has 0 bridgehead atoms. The maximum Gasteiger partial charge on any atom is 0.0948 e. The average Bonchev–Trinajstić information content (AvgIpc) is 3.29. The first-order valence-corrected chi connectivity index (χ1v) is 9.28. The number of rotatable bonds is 5. The molecule has 3 heteroatoms. The molecular weight excluding hydrogens is 312 g/mol. The Labute approximate surface area is 147 Å². The quantitative estimate of drug-likeness (QED) is 0.598. The van der Waals surface area contributed by atoms with E-state index in [-0.39, 0.29) is 17.1 Å². The van der Waals surface area contributed by atoms with Crippen molar-refractivity contribution in [3.8, 4) is 0 Å². The van der Waals surface area contributed by atoms with Crippen molar-refractivity contribution in [2.75, 3.05) is 0 Å². The predicted octanol–water partition coefficient (Wildman–Crippen LogP) is 6.00. The minimum absolute atomic E-state index is 0.